The van der Waals surface area contributed by atoms with E-state index in [4.69, 9.17) is 16.0 Å². The van der Waals surface area contributed by atoms with Crippen molar-refractivity contribution in [2.45, 2.75) is 13.3 Å². The maximum Gasteiger partial charge on any atom is 0.267 e. The van der Waals surface area contributed by atoms with Gasteiger partial charge in [-0.05, 0) is 6.92 Å². The maximum absolute atomic E-state index is 5.55. The molecule has 0 radical (unpaired) electrons. The molecule has 6 heteroatoms. The lowest BCUT2D eigenvalue weighted by Crippen LogP contribution is -1.84. The lowest BCUT2D eigenvalue weighted by molar-refractivity contribution is 0.512. The monoisotopic (exact) mass is 229 g/mol. The second kappa shape index (κ2) is 4.06. The zero-order chi connectivity index (χ0) is 9.97. The van der Waals surface area contributed by atoms with Gasteiger partial charge in [-0.25, -0.2) is 4.98 Å². The molecule has 14 heavy (non-hydrogen) atoms. The van der Waals surface area contributed by atoms with E-state index < -0.39 is 0 Å². The van der Waals surface area contributed by atoms with Crippen molar-refractivity contribution in [3.8, 4) is 11.6 Å². The van der Waals surface area contributed by atoms with Gasteiger partial charge in [0.05, 0.1) is 5.01 Å². The number of alkyl halides is 1. The molecular weight excluding hydrogens is 222 g/mol. The summed E-state index contributed by atoms with van der Waals surface area (Å²) in [5.74, 6) is 1.51. The second-order valence-electron chi connectivity index (χ2n) is 2.69. The van der Waals surface area contributed by atoms with Crippen molar-refractivity contribution < 1.29 is 4.42 Å². The Morgan fingerprint density at radius 1 is 1.50 bits per heavy atom. The number of halogens is 1. The average molecular weight is 230 g/mol. The molecule has 0 N–H and O–H groups in total. The molecule has 0 saturated heterocycles. The summed E-state index contributed by atoms with van der Waals surface area (Å²) < 4.78 is 5.36. The molecular formula is C8H8ClN3OS. The zero-order valence-electron chi connectivity index (χ0n) is 7.53. The molecule has 0 unspecified atom stereocenters. The Kier molecular flexibility index (Phi) is 2.79. The van der Waals surface area contributed by atoms with E-state index in [1.54, 1.807) is 11.3 Å². The van der Waals surface area contributed by atoms with Crippen LogP contribution >= 0.6 is 22.9 Å². The quantitative estimate of drug-likeness (QED) is 0.758. The van der Waals surface area contributed by atoms with Crippen LogP contribution in [0.3, 0.4) is 0 Å². The number of hydrogen-bond acceptors (Lipinski definition) is 5. The van der Waals surface area contributed by atoms with Crippen molar-refractivity contribution in [2.75, 3.05) is 5.88 Å². The van der Waals surface area contributed by atoms with Crippen molar-refractivity contribution in [3.63, 3.8) is 0 Å². The SMILES string of the molecule is Cc1nc(-c2nnc(CCCl)o2)cs1. The molecule has 2 aromatic heterocycles. The molecule has 0 atom stereocenters. The Labute approximate surface area is 89.9 Å². The highest BCUT2D eigenvalue weighted by atomic mass is 35.5. The molecule has 2 aromatic rings. The fourth-order valence-electron chi connectivity index (χ4n) is 1.00. The number of hydrogen-bond donors (Lipinski definition) is 0. The van der Waals surface area contributed by atoms with Crippen LogP contribution in [0.1, 0.15) is 10.9 Å². The Bertz CT molecular complexity index is 426. The van der Waals surface area contributed by atoms with E-state index in [1.807, 2.05) is 12.3 Å². The summed E-state index contributed by atoms with van der Waals surface area (Å²) in [4.78, 5) is 4.24. The summed E-state index contributed by atoms with van der Waals surface area (Å²) in [7, 11) is 0. The van der Waals surface area contributed by atoms with Crippen LogP contribution in [0.5, 0.6) is 0 Å². The van der Waals surface area contributed by atoms with Crippen molar-refractivity contribution in [3.05, 3.63) is 16.3 Å². The van der Waals surface area contributed by atoms with Gasteiger partial charge >= 0.3 is 0 Å². The Hall–Kier alpha value is -0.940. The van der Waals surface area contributed by atoms with Crippen molar-refractivity contribution >= 4 is 22.9 Å². The first-order valence-corrected chi connectivity index (χ1v) is 5.52. The summed E-state index contributed by atoms with van der Waals surface area (Å²) in [5.41, 5.74) is 0.737. The van der Waals surface area contributed by atoms with Crippen molar-refractivity contribution in [1.82, 2.24) is 15.2 Å². The van der Waals surface area contributed by atoms with E-state index in [-0.39, 0.29) is 0 Å². The van der Waals surface area contributed by atoms with E-state index >= 15 is 0 Å². The highest BCUT2D eigenvalue weighted by Crippen LogP contribution is 2.20. The maximum atomic E-state index is 5.55. The second-order valence-corrected chi connectivity index (χ2v) is 4.13. The van der Waals surface area contributed by atoms with Crippen LogP contribution in [0, 0.1) is 6.92 Å². The third-order valence-electron chi connectivity index (χ3n) is 1.61. The normalized spacial score (nSPS) is 10.7. The molecule has 0 aliphatic heterocycles. The lowest BCUT2D eigenvalue weighted by Gasteiger charge is -1.86. The first-order valence-electron chi connectivity index (χ1n) is 4.10. The van der Waals surface area contributed by atoms with Gasteiger partial charge in [0, 0.05) is 17.7 Å². The van der Waals surface area contributed by atoms with Crippen LogP contribution in [0.25, 0.3) is 11.6 Å². The first kappa shape index (κ1) is 9.61. The minimum Gasteiger partial charge on any atom is -0.419 e. The molecule has 4 nitrogen and oxygen atoms in total. The summed E-state index contributed by atoms with van der Waals surface area (Å²) >= 11 is 7.11. The molecule has 2 rings (SSSR count). The minimum absolute atomic E-state index is 0.467. The van der Waals surface area contributed by atoms with Gasteiger partial charge < -0.3 is 4.42 Å². The van der Waals surface area contributed by atoms with Gasteiger partial charge in [-0.1, -0.05) is 0 Å². The van der Waals surface area contributed by atoms with Gasteiger partial charge in [-0.3, -0.25) is 0 Å². The van der Waals surface area contributed by atoms with Crippen molar-refractivity contribution in [1.29, 1.82) is 0 Å². The minimum atomic E-state index is 0.467. The zero-order valence-corrected chi connectivity index (χ0v) is 9.10. The number of thiazole rings is 1. The first-order chi connectivity index (χ1) is 6.79. The molecule has 0 spiro atoms. The summed E-state index contributed by atoms with van der Waals surface area (Å²) in [6.07, 6.45) is 0.595. The average Bonchev–Trinajstić information content (AvgIpc) is 2.74. The molecule has 2 heterocycles. The predicted molar refractivity (Wildman–Crippen MR) is 54.6 cm³/mol. The van der Waals surface area contributed by atoms with Gasteiger partial charge in [0.15, 0.2) is 0 Å². The summed E-state index contributed by atoms with van der Waals surface area (Å²) in [6, 6.07) is 0. The number of nitrogens with zero attached hydrogens (tertiary/aromatic N) is 3. The van der Waals surface area contributed by atoms with E-state index in [0.717, 1.165) is 10.7 Å². The standard InChI is InChI=1S/C8H8ClN3OS/c1-5-10-6(4-14-5)8-12-11-7(13-8)2-3-9/h4H,2-3H2,1H3. The number of aryl methyl sites for hydroxylation is 2. The fraction of sp³-hybridized carbons (Fsp3) is 0.375. The fourth-order valence-corrected chi connectivity index (χ4v) is 1.75. The van der Waals surface area contributed by atoms with Gasteiger partial charge in [-0.15, -0.1) is 33.1 Å². The van der Waals surface area contributed by atoms with Gasteiger partial charge in [0.25, 0.3) is 5.89 Å². The van der Waals surface area contributed by atoms with Crippen LogP contribution in [0.2, 0.25) is 0 Å². The largest absolute Gasteiger partial charge is 0.419 e. The highest BCUT2D eigenvalue weighted by Gasteiger charge is 2.10. The third-order valence-corrected chi connectivity index (χ3v) is 2.58. The van der Waals surface area contributed by atoms with Crippen LogP contribution in [-0.2, 0) is 6.42 Å². The van der Waals surface area contributed by atoms with E-state index in [9.17, 15) is 0 Å². The number of rotatable bonds is 3. The van der Waals surface area contributed by atoms with E-state index in [1.165, 1.54) is 0 Å². The van der Waals surface area contributed by atoms with Gasteiger partial charge in [0.1, 0.15) is 5.69 Å². The summed E-state index contributed by atoms with van der Waals surface area (Å²) in [5, 5.41) is 10.6. The molecule has 0 fully saturated rings. The predicted octanol–water partition coefficient (Wildman–Crippen LogP) is 2.28. The Morgan fingerprint density at radius 3 is 3.00 bits per heavy atom. The van der Waals surface area contributed by atoms with Crippen LogP contribution in [-0.4, -0.2) is 21.1 Å². The van der Waals surface area contributed by atoms with E-state index in [2.05, 4.69) is 15.2 Å². The molecule has 0 aromatic carbocycles. The molecule has 0 amide bonds. The topological polar surface area (TPSA) is 51.8 Å². The van der Waals surface area contributed by atoms with Gasteiger partial charge in [0.2, 0.25) is 5.89 Å². The van der Waals surface area contributed by atoms with E-state index in [0.29, 0.717) is 24.1 Å². The van der Waals surface area contributed by atoms with Crippen molar-refractivity contribution in [2.24, 2.45) is 0 Å². The molecule has 0 aliphatic carbocycles. The summed E-state index contributed by atoms with van der Waals surface area (Å²) in [6.45, 7) is 1.93. The van der Waals surface area contributed by atoms with Crippen LogP contribution < -0.4 is 0 Å². The molecule has 74 valence electrons. The smallest absolute Gasteiger partial charge is 0.267 e. The molecule has 0 aliphatic rings. The highest BCUT2D eigenvalue weighted by molar-refractivity contribution is 7.09. The molecule has 0 saturated carbocycles. The van der Waals surface area contributed by atoms with Gasteiger partial charge in [-0.2, -0.15) is 0 Å². The van der Waals surface area contributed by atoms with Crippen LogP contribution in [0.4, 0.5) is 0 Å². The lowest BCUT2D eigenvalue weighted by atomic mass is 10.5. The number of aromatic nitrogens is 3. The molecule has 0 bridgehead atoms. The Balaban J connectivity index is 2.24. The Morgan fingerprint density at radius 2 is 2.36 bits per heavy atom. The van der Waals surface area contributed by atoms with Crippen LogP contribution in [0.15, 0.2) is 9.80 Å². The third kappa shape index (κ3) is 1.93.